The zero-order valence-electron chi connectivity index (χ0n) is 15.9. The van der Waals surface area contributed by atoms with Crippen LogP contribution < -0.4 is 14.2 Å². The number of amides is 1. The van der Waals surface area contributed by atoms with Crippen molar-refractivity contribution in [3.05, 3.63) is 17.7 Å². The van der Waals surface area contributed by atoms with Gasteiger partial charge in [0.15, 0.2) is 21.3 Å². The Morgan fingerprint density at radius 2 is 1.67 bits per heavy atom. The zero-order valence-corrected chi connectivity index (χ0v) is 16.8. The predicted octanol–water partition coefficient (Wildman–Crippen LogP) is 0.657. The number of nitrogens with zero attached hydrogens (tertiary/aromatic N) is 2. The Kier molecular flexibility index (Phi) is 5.81. The second kappa shape index (κ2) is 7.93. The van der Waals surface area contributed by atoms with Crippen LogP contribution in [0.15, 0.2) is 12.1 Å². The van der Waals surface area contributed by atoms with Crippen molar-refractivity contribution in [3.63, 3.8) is 0 Å². The molecule has 1 aromatic carbocycles. The van der Waals surface area contributed by atoms with Crippen molar-refractivity contribution in [2.75, 3.05) is 59.0 Å². The number of sulfone groups is 1. The van der Waals surface area contributed by atoms with Crippen molar-refractivity contribution in [2.45, 2.75) is 12.5 Å². The summed E-state index contributed by atoms with van der Waals surface area (Å²) in [6, 6.07) is 3.44. The fraction of sp³-hybridized carbons (Fsp3) is 0.611. The predicted molar refractivity (Wildman–Crippen MR) is 101 cm³/mol. The lowest BCUT2D eigenvalue weighted by atomic mass is 10.1. The van der Waals surface area contributed by atoms with Crippen LogP contribution in [0.2, 0.25) is 0 Å². The molecule has 8 nitrogen and oxygen atoms in total. The molecule has 2 fully saturated rings. The van der Waals surface area contributed by atoms with Crippen molar-refractivity contribution in [3.8, 4) is 17.2 Å². The summed E-state index contributed by atoms with van der Waals surface area (Å²) in [6.07, 6.45) is 0.680. The van der Waals surface area contributed by atoms with Crippen LogP contribution in [0.4, 0.5) is 0 Å². The number of rotatable bonds is 5. The molecule has 0 N–H and O–H groups in total. The summed E-state index contributed by atoms with van der Waals surface area (Å²) in [5, 5.41) is 0. The molecule has 0 spiro atoms. The van der Waals surface area contributed by atoms with E-state index in [4.69, 9.17) is 14.2 Å². The van der Waals surface area contributed by atoms with Crippen molar-refractivity contribution in [2.24, 2.45) is 0 Å². The third-order valence-corrected chi connectivity index (χ3v) is 7.01. The minimum atomic E-state index is -2.91. The Hall–Kier alpha value is -2.00. The maximum absolute atomic E-state index is 13.0. The lowest BCUT2D eigenvalue weighted by Crippen LogP contribution is -2.52. The molecule has 0 aromatic heterocycles. The summed E-state index contributed by atoms with van der Waals surface area (Å²) in [4.78, 5) is 17.0. The van der Waals surface area contributed by atoms with E-state index in [1.54, 1.807) is 17.0 Å². The Labute approximate surface area is 159 Å². The first-order valence-electron chi connectivity index (χ1n) is 8.93. The van der Waals surface area contributed by atoms with Crippen LogP contribution in [0, 0.1) is 0 Å². The van der Waals surface area contributed by atoms with Gasteiger partial charge in [0.25, 0.3) is 5.91 Å². The fourth-order valence-corrected chi connectivity index (χ4v) is 5.56. The minimum Gasteiger partial charge on any atom is -0.493 e. The molecule has 0 bridgehead atoms. The number of carbonyl (C=O) groups is 1. The Bertz CT molecular complexity index is 802. The smallest absolute Gasteiger partial charge is 0.257 e. The highest BCUT2D eigenvalue weighted by Gasteiger charge is 2.35. The molecular formula is C18H26N2O6S. The Morgan fingerprint density at radius 3 is 2.19 bits per heavy atom. The second-order valence-electron chi connectivity index (χ2n) is 6.77. The van der Waals surface area contributed by atoms with Gasteiger partial charge in [0.2, 0.25) is 5.75 Å². The van der Waals surface area contributed by atoms with Crippen molar-refractivity contribution in [1.82, 2.24) is 9.80 Å². The van der Waals surface area contributed by atoms with E-state index in [-0.39, 0.29) is 23.5 Å². The number of hydrogen-bond acceptors (Lipinski definition) is 7. The lowest BCUT2D eigenvalue weighted by Gasteiger charge is -2.37. The molecule has 0 saturated carbocycles. The summed E-state index contributed by atoms with van der Waals surface area (Å²) >= 11 is 0. The third kappa shape index (κ3) is 3.98. The molecule has 2 aliphatic rings. The molecule has 1 atom stereocenters. The van der Waals surface area contributed by atoms with Crippen molar-refractivity contribution < 1.29 is 27.4 Å². The van der Waals surface area contributed by atoms with Crippen LogP contribution in [-0.4, -0.2) is 89.2 Å². The molecule has 0 radical (unpaired) electrons. The maximum atomic E-state index is 13.0. The zero-order chi connectivity index (χ0) is 19.6. The molecule has 1 aromatic rings. The van der Waals surface area contributed by atoms with E-state index in [1.807, 2.05) is 0 Å². The van der Waals surface area contributed by atoms with Crippen molar-refractivity contribution >= 4 is 15.7 Å². The van der Waals surface area contributed by atoms with Gasteiger partial charge >= 0.3 is 0 Å². The van der Waals surface area contributed by atoms with E-state index in [0.29, 0.717) is 55.4 Å². The first kappa shape index (κ1) is 19.8. The average molecular weight is 398 g/mol. The van der Waals surface area contributed by atoms with Gasteiger partial charge < -0.3 is 19.1 Å². The molecule has 0 unspecified atom stereocenters. The molecule has 2 aliphatic heterocycles. The van der Waals surface area contributed by atoms with Crippen LogP contribution in [-0.2, 0) is 9.84 Å². The summed E-state index contributed by atoms with van der Waals surface area (Å²) in [5.41, 5.74) is 0.423. The third-order valence-electron chi connectivity index (χ3n) is 5.26. The van der Waals surface area contributed by atoms with Crippen LogP contribution >= 0.6 is 0 Å². The number of hydrogen-bond donors (Lipinski definition) is 0. The van der Waals surface area contributed by atoms with E-state index in [9.17, 15) is 13.2 Å². The first-order chi connectivity index (χ1) is 12.9. The highest BCUT2D eigenvalue weighted by Crippen LogP contribution is 2.40. The topological polar surface area (TPSA) is 85.4 Å². The summed E-state index contributed by atoms with van der Waals surface area (Å²) < 4.78 is 39.4. The fourth-order valence-electron chi connectivity index (χ4n) is 3.79. The molecule has 150 valence electrons. The van der Waals surface area contributed by atoms with E-state index < -0.39 is 9.84 Å². The Morgan fingerprint density at radius 1 is 1.00 bits per heavy atom. The van der Waals surface area contributed by atoms with Gasteiger partial charge in [-0.2, -0.15) is 0 Å². The summed E-state index contributed by atoms with van der Waals surface area (Å²) in [7, 11) is 1.62. The minimum absolute atomic E-state index is 0.0721. The first-order valence-corrected chi connectivity index (χ1v) is 10.7. The molecule has 1 amide bonds. The quantitative estimate of drug-likeness (QED) is 0.720. The van der Waals surface area contributed by atoms with Gasteiger partial charge in [-0.15, -0.1) is 0 Å². The maximum Gasteiger partial charge on any atom is 0.257 e. The summed E-state index contributed by atoms with van der Waals surface area (Å²) in [5.74, 6) is 1.60. The van der Waals surface area contributed by atoms with Gasteiger partial charge in [-0.05, 0) is 18.6 Å². The molecule has 27 heavy (non-hydrogen) atoms. The van der Waals surface area contributed by atoms with E-state index in [1.165, 1.54) is 21.3 Å². The lowest BCUT2D eigenvalue weighted by molar-refractivity contribution is 0.0584. The van der Waals surface area contributed by atoms with Gasteiger partial charge in [-0.25, -0.2) is 8.42 Å². The number of methoxy groups -OCH3 is 3. The number of benzene rings is 1. The molecule has 2 heterocycles. The van der Waals surface area contributed by atoms with Gasteiger partial charge in [-0.3, -0.25) is 9.69 Å². The van der Waals surface area contributed by atoms with E-state index in [2.05, 4.69) is 4.90 Å². The van der Waals surface area contributed by atoms with Crippen LogP contribution in [0.25, 0.3) is 0 Å². The van der Waals surface area contributed by atoms with Crippen LogP contribution in [0.3, 0.4) is 0 Å². The standard InChI is InChI=1S/C18H26N2O6S/c1-24-15-5-4-14(16(25-2)17(15)26-3)18(21)20-9-7-19(8-10-20)13-6-11-27(22,23)12-13/h4-5,13H,6-12H2,1-3H3/t13-/m1/s1. The molecule has 0 aliphatic carbocycles. The largest absolute Gasteiger partial charge is 0.493 e. The van der Waals surface area contributed by atoms with Gasteiger partial charge in [0.05, 0.1) is 38.4 Å². The van der Waals surface area contributed by atoms with Crippen LogP contribution in [0.1, 0.15) is 16.8 Å². The monoisotopic (exact) mass is 398 g/mol. The van der Waals surface area contributed by atoms with Crippen LogP contribution in [0.5, 0.6) is 17.2 Å². The second-order valence-corrected chi connectivity index (χ2v) is 9.00. The highest BCUT2D eigenvalue weighted by molar-refractivity contribution is 7.91. The van der Waals surface area contributed by atoms with Crippen molar-refractivity contribution in [1.29, 1.82) is 0 Å². The highest BCUT2D eigenvalue weighted by atomic mass is 32.2. The average Bonchev–Trinajstić information content (AvgIpc) is 3.05. The molecule has 9 heteroatoms. The molecule has 3 rings (SSSR count). The normalized spacial score (nSPS) is 22.5. The summed E-state index contributed by atoms with van der Waals surface area (Å²) in [6.45, 7) is 2.43. The van der Waals surface area contributed by atoms with Gasteiger partial charge in [0, 0.05) is 32.2 Å². The van der Waals surface area contributed by atoms with Gasteiger partial charge in [-0.1, -0.05) is 0 Å². The van der Waals surface area contributed by atoms with E-state index >= 15 is 0 Å². The molecular weight excluding hydrogens is 372 g/mol. The SMILES string of the molecule is COc1ccc(C(=O)N2CCN([C@@H]3CCS(=O)(=O)C3)CC2)c(OC)c1OC. The number of piperazine rings is 1. The number of ether oxygens (including phenoxy) is 3. The Balaban J connectivity index is 1.71. The number of carbonyl (C=O) groups excluding carboxylic acids is 1. The molecule has 2 saturated heterocycles. The van der Waals surface area contributed by atoms with E-state index in [0.717, 1.165) is 0 Å². The van der Waals surface area contributed by atoms with Gasteiger partial charge in [0.1, 0.15) is 0 Å².